The van der Waals surface area contributed by atoms with Gasteiger partial charge in [0.25, 0.3) is 0 Å². The van der Waals surface area contributed by atoms with Crippen LogP contribution in [0, 0.1) is 0 Å². The number of aromatic carboxylic acids is 1. The van der Waals surface area contributed by atoms with Crippen LogP contribution in [0.15, 0.2) is 23.1 Å². The highest BCUT2D eigenvalue weighted by Crippen LogP contribution is 2.31. The maximum absolute atomic E-state index is 11.9. The molecule has 0 saturated heterocycles. The zero-order chi connectivity index (χ0) is 11.6. The third-order valence-corrected chi connectivity index (χ3v) is 1.92. The maximum atomic E-state index is 11.9. The van der Waals surface area contributed by atoms with Crippen LogP contribution in [0.5, 0.6) is 5.75 Å². The molecule has 0 aromatic heterocycles. The van der Waals surface area contributed by atoms with E-state index in [1.165, 1.54) is 0 Å². The van der Waals surface area contributed by atoms with Crippen LogP contribution >= 0.6 is 12.6 Å². The molecule has 0 fully saturated rings. The van der Waals surface area contributed by atoms with Crippen molar-refractivity contribution in [1.29, 1.82) is 0 Å². The van der Waals surface area contributed by atoms with Gasteiger partial charge in [0.2, 0.25) is 0 Å². The van der Waals surface area contributed by atoms with Crippen molar-refractivity contribution in [2.24, 2.45) is 0 Å². The molecule has 1 rings (SSSR count). The van der Waals surface area contributed by atoms with Crippen LogP contribution in [0.3, 0.4) is 0 Å². The van der Waals surface area contributed by atoms with E-state index in [0.29, 0.717) is 0 Å². The van der Waals surface area contributed by atoms with Gasteiger partial charge in [0.15, 0.2) is 0 Å². The minimum Gasteiger partial charge on any atom is -0.478 e. The average Bonchev–Trinajstić information content (AvgIpc) is 2.05. The van der Waals surface area contributed by atoms with E-state index in [-0.39, 0.29) is 10.5 Å². The molecule has 0 aliphatic rings. The molecule has 0 aliphatic carbocycles. The van der Waals surface area contributed by atoms with E-state index >= 15 is 0 Å². The zero-order valence-corrected chi connectivity index (χ0v) is 7.97. The minimum atomic E-state index is -4.87. The smallest absolute Gasteiger partial charge is 0.478 e. The van der Waals surface area contributed by atoms with E-state index < -0.39 is 18.1 Å². The van der Waals surface area contributed by atoms with E-state index in [2.05, 4.69) is 17.4 Å². The second-order valence-corrected chi connectivity index (χ2v) is 2.95. The second kappa shape index (κ2) is 4.01. The number of ether oxygens (including phenoxy) is 1. The predicted octanol–water partition coefficient (Wildman–Crippen LogP) is 2.57. The maximum Gasteiger partial charge on any atom is 0.573 e. The molecule has 0 atom stereocenters. The summed E-state index contributed by atoms with van der Waals surface area (Å²) in [5.74, 6) is -2.00. The summed E-state index contributed by atoms with van der Waals surface area (Å²) in [6.07, 6.45) is -4.87. The molecular weight excluding hydrogens is 233 g/mol. The van der Waals surface area contributed by atoms with Gasteiger partial charge in [0.05, 0.1) is 10.5 Å². The Morgan fingerprint density at radius 1 is 1.40 bits per heavy atom. The quantitative estimate of drug-likeness (QED) is 0.778. The molecule has 0 unspecified atom stereocenters. The number of hydrogen-bond donors (Lipinski definition) is 2. The van der Waals surface area contributed by atoms with E-state index in [0.717, 1.165) is 18.2 Å². The Kier molecular flexibility index (Phi) is 3.13. The summed E-state index contributed by atoms with van der Waals surface area (Å²) in [4.78, 5) is 10.2. The molecule has 15 heavy (non-hydrogen) atoms. The van der Waals surface area contributed by atoms with Gasteiger partial charge >= 0.3 is 12.3 Å². The first-order valence-corrected chi connectivity index (χ1v) is 4.07. The molecule has 0 aliphatic heterocycles. The van der Waals surface area contributed by atoms with Crippen LogP contribution in [0.1, 0.15) is 10.4 Å². The topological polar surface area (TPSA) is 46.5 Å². The molecule has 82 valence electrons. The Labute approximate surface area is 87.9 Å². The molecule has 0 spiro atoms. The van der Waals surface area contributed by atoms with Gasteiger partial charge in [-0.3, -0.25) is 0 Å². The first kappa shape index (κ1) is 11.7. The van der Waals surface area contributed by atoms with Crippen LogP contribution in [-0.2, 0) is 0 Å². The van der Waals surface area contributed by atoms with Crippen molar-refractivity contribution in [2.75, 3.05) is 0 Å². The SMILES string of the molecule is O=C(O)c1cccc(OC(F)(F)F)c1S. The summed E-state index contributed by atoms with van der Waals surface area (Å²) in [6, 6.07) is 3.26. The van der Waals surface area contributed by atoms with Gasteiger partial charge in [-0.2, -0.15) is 0 Å². The van der Waals surface area contributed by atoms with Crippen molar-refractivity contribution < 1.29 is 27.8 Å². The van der Waals surface area contributed by atoms with Crippen LogP contribution in [0.25, 0.3) is 0 Å². The largest absolute Gasteiger partial charge is 0.573 e. The Hall–Kier alpha value is -1.37. The van der Waals surface area contributed by atoms with Gasteiger partial charge in [-0.15, -0.1) is 25.8 Å². The lowest BCUT2D eigenvalue weighted by molar-refractivity contribution is -0.275. The van der Waals surface area contributed by atoms with Crippen molar-refractivity contribution in [2.45, 2.75) is 11.3 Å². The fourth-order valence-electron chi connectivity index (χ4n) is 0.902. The first-order chi connectivity index (χ1) is 6.81. The van der Waals surface area contributed by atoms with Crippen molar-refractivity contribution in [3.05, 3.63) is 23.8 Å². The Morgan fingerprint density at radius 2 is 2.00 bits per heavy atom. The Morgan fingerprint density at radius 3 is 2.47 bits per heavy atom. The molecule has 1 N–H and O–H groups in total. The number of thiol groups is 1. The summed E-state index contributed by atoms with van der Waals surface area (Å²) in [6.45, 7) is 0. The number of carboxylic acid groups (broad SMARTS) is 1. The summed E-state index contributed by atoms with van der Waals surface area (Å²) in [5.41, 5.74) is -0.347. The molecule has 3 nitrogen and oxygen atoms in total. The molecule has 0 amide bonds. The third kappa shape index (κ3) is 3.05. The van der Waals surface area contributed by atoms with Crippen LogP contribution in [0.4, 0.5) is 13.2 Å². The van der Waals surface area contributed by atoms with E-state index in [9.17, 15) is 18.0 Å². The lowest BCUT2D eigenvalue weighted by Gasteiger charge is -2.11. The highest BCUT2D eigenvalue weighted by molar-refractivity contribution is 7.80. The normalized spacial score (nSPS) is 11.2. The average molecular weight is 238 g/mol. The van der Waals surface area contributed by atoms with Crippen LogP contribution < -0.4 is 4.74 Å². The fraction of sp³-hybridized carbons (Fsp3) is 0.125. The molecule has 0 radical (unpaired) electrons. The van der Waals surface area contributed by atoms with Gasteiger partial charge in [0.1, 0.15) is 5.75 Å². The van der Waals surface area contributed by atoms with E-state index in [1.807, 2.05) is 0 Å². The van der Waals surface area contributed by atoms with E-state index in [1.54, 1.807) is 0 Å². The highest BCUT2D eigenvalue weighted by atomic mass is 32.1. The molecule has 0 heterocycles. The number of halogens is 3. The number of carbonyl (C=O) groups is 1. The second-order valence-electron chi connectivity index (χ2n) is 2.51. The van der Waals surface area contributed by atoms with Crippen molar-refractivity contribution in [3.63, 3.8) is 0 Å². The lowest BCUT2D eigenvalue weighted by atomic mass is 10.2. The molecule has 0 saturated carbocycles. The molecule has 0 bridgehead atoms. The summed E-state index contributed by atoms with van der Waals surface area (Å²) < 4.78 is 39.1. The zero-order valence-electron chi connectivity index (χ0n) is 7.08. The molecule has 7 heteroatoms. The fourth-order valence-corrected chi connectivity index (χ4v) is 1.19. The van der Waals surface area contributed by atoms with Gasteiger partial charge in [-0.25, -0.2) is 4.79 Å². The standard InChI is InChI=1S/C8H5F3O3S/c9-8(10,11)14-5-3-1-2-4(6(5)15)7(12)13/h1-3,15H,(H,12,13). The highest BCUT2D eigenvalue weighted by Gasteiger charge is 2.32. The van der Waals surface area contributed by atoms with E-state index in [4.69, 9.17) is 5.11 Å². The number of alkyl halides is 3. The van der Waals surface area contributed by atoms with Crippen molar-refractivity contribution in [1.82, 2.24) is 0 Å². The molecular formula is C8H5F3O3S. The number of benzene rings is 1. The van der Waals surface area contributed by atoms with Crippen molar-refractivity contribution >= 4 is 18.6 Å². The number of rotatable bonds is 2. The monoisotopic (exact) mass is 238 g/mol. The Bertz CT molecular complexity index is 389. The third-order valence-electron chi connectivity index (χ3n) is 1.46. The molecule has 1 aromatic carbocycles. The number of carboxylic acids is 1. The van der Waals surface area contributed by atoms with Gasteiger partial charge in [0, 0.05) is 0 Å². The van der Waals surface area contributed by atoms with Gasteiger partial charge in [-0.1, -0.05) is 6.07 Å². The van der Waals surface area contributed by atoms with Crippen LogP contribution in [0.2, 0.25) is 0 Å². The van der Waals surface area contributed by atoms with Crippen LogP contribution in [-0.4, -0.2) is 17.4 Å². The number of hydrogen-bond acceptors (Lipinski definition) is 3. The summed E-state index contributed by atoms with van der Waals surface area (Å²) in [5, 5.41) is 8.60. The van der Waals surface area contributed by atoms with Gasteiger partial charge in [-0.05, 0) is 12.1 Å². The summed E-state index contributed by atoms with van der Waals surface area (Å²) in [7, 11) is 0. The summed E-state index contributed by atoms with van der Waals surface area (Å²) >= 11 is 3.66. The first-order valence-electron chi connectivity index (χ1n) is 3.62. The Balaban J connectivity index is 3.10. The lowest BCUT2D eigenvalue weighted by Crippen LogP contribution is -2.18. The van der Waals surface area contributed by atoms with Crippen molar-refractivity contribution in [3.8, 4) is 5.75 Å². The molecule has 1 aromatic rings. The van der Waals surface area contributed by atoms with Gasteiger partial charge < -0.3 is 9.84 Å². The minimum absolute atomic E-state index is 0.347. The predicted molar refractivity (Wildman–Crippen MR) is 47.3 cm³/mol.